The molecule has 1 aliphatic heterocycles. The summed E-state index contributed by atoms with van der Waals surface area (Å²) in [5, 5.41) is 50.1. The van der Waals surface area contributed by atoms with Crippen LogP contribution in [0, 0.1) is 0 Å². The van der Waals surface area contributed by atoms with Gasteiger partial charge in [-0.25, -0.2) is 4.68 Å². The molecule has 2 aliphatic rings. The first-order chi connectivity index (χ1) is 20.1. The summed E-state index contributed by atoms with van der Waals surface area (Å²) in [5.41, 5.74) is 2.62. The lowest BCUT2D eigenvalue weighted by molar-refractivity contribution is -0.109. The van der Waals surface area contributed by atoms with Gasteiger partial charge in [-0.1, -0.05) is 29.5 Å². The normalized spacial score (nSPS) is 25.5. The molecule has 19 heteroatoms. The van der Waals surface area contributed by atoms with Crippen molar-refractivity contribution in [1.29, 1.82) is 0 Å². The lowest BCUT2D eigenvalue weighted by atomic mass is 10.1. The number of aromatic amines is 1. The molecule has 42 heavy (non-hydrogen) atoms. The van der Waals surface area contributed by atoms with Crippen LogP contribution in [0.25, 0.3) is 11.0 Å². The summed E-state index contributed by atoms with van der Waals surface area (Å²) in [6.45, 7) is -1.73. The molecule has 1 aromatic carbocycles. The van der Waals surface area contributed by atoms with Gasteiger partial charge in [-0.3, -0.25) is 4.57 Å². The molecule has 4 heterocycles. The number of aliphatic hydroxyl groups is 3. The molecule has 224 valence electrons. The number of rotatable bonds is 10. The first-order valence-corrected chi connectivity index (χ1v) is 14.9. The Balaban J connectivity index is 1.23. The third kappa shape index (κ3) is 5.16. The lowest BCUT2D eigenvalue weighted by Gasteiger charge is -2.32. The van der Waals surface area contributed by atoms with Gasteiger partial charge in [0.2, 0.25) is 5.28 Å². The SMILES string of the molecule is O=P(O)(O)C(CO)(Cc1nn[nH]n1)OC[C@H]1O[C@@H](n2ncc3c(N[C@@H]4CCc5ccccc54)nc(Cl)nc32)[C@H](O)[C@@H]1O. The van der Waals surface area contributed by atoms with E-state index in [0.29, 0.717) is 11.2 Å². The zero-order valence-corrected chi connectivity index (χ0v) is 23.4. The van der Waals surface area contributed by atoms with Crippen molar-refractivity contribution in [1.82, 2.24) is 40.4 Å². The molecule has 4 aromatic rings. The maximum atomic E-state index is 12.3. The van der Waals surface area contributed by atoms with Gasteiger partial charge in [-0.05, 0) is 35.6 Å². The molecular weight excluding hydrogens is 597 g/mol. The largest absolute Gasteiger partial charge is 0.393 e. The maximum absolute atomic E-state index is 12.3. The number of aromatic nitrogens is 8. The van der Waals surface area contributed by atoms with E-state index < -0.39 is 57.1 Å². The Kier molecular flexibility index (Phi) is 7.71. The number of benzene rings is 1. The number of aliphatic hydroxyl groups excluding tert-OH is 3. The van der Waals surface area contributed by atoms with Gasteiger partial charge in [-0.2, -0.15) is 20.3 Å². The van der Waals surface area contributed by atoms with Crippen LogP contribution >= 0.6 is 19.2 Å². The highest BCUT2D eigenvalue weighted by molar-refractivity contribution is 7.53. The molecular formula is C23H27ClN9O8P. The molecule has 0 bridgehead atoms. The predicted molar refractivity (Wildman–Crippen MR) is 143 cm³/mol. The second-order valence-corrected chi connectivity index (χ2v) is 12.4. The molecule has 0 radical (unpaired) electrons. The summed E-state index contributed by atoms with van der Waals surface area (Å²) in [7, 11) is -5.13. The number of tetrazole rings is 1. The van der Waals surface area contributed by atoms with E-state index in [-0.39, 0.29) is 22.8 Å². The van der Waals surface area contributed by atoms with Gasteiger partial charge in [0.15, 0.2) is 23.0 Å². The second kappa shape index (κ2) is 11.2. The first kappa shape index (κ1) is 29.0. The zero-order valence-electron chi connectivity index (χ0n) is 21.7. The number of halogens is 1. The summed E-state index contributed by atoms with van der Waals surface area (Å²) in [6, 6.07) is 8.09. The van der Waals surface area contributed by atoms with Gasteiger partial charge in [0, 0.05) is 0 Å². The van der Waals surface area contributed by atoms with Gasteiger partial charge in [0.25, 0.3) is 0 Å². The van der Waals surface area contributed by atoms with Crippen LogP contribution in [0.2, 0.25) is 5.28 Å². The van der Waals surface area contributed by atoms with Gasteiger partial charge < -0.3 is 39.9 Å². The highest BCUT2D eigenvalue weighted by Crippen LogP contribution is 2.53. The monoisotopic (exact) mass is 623 g/mol. The van der Waals surface area contributed by atoms with Crippen LogP contribution in [0.5, 0.6) is 0 Å². The van der Waals surface area contributed by atoms with E-state index >= 15 is 0 Å². The van der Waals surface area contributed by atoms with Crippen molar-refractivity contribution in [3.8, 4) is 0 Å². The van der Waals surface area contributed by atoms with E-state index in [4.69, 9.17) is 21.1 Å². The van der Waals surface area contributed by atoms with E-state index in [1.54, 1.807) is 0 Å². The van der Waals surface area contributed by atoms with Crippen LogP contribution in [-0.2, 0) is 26.9 Å². The fourth-order valence-electron chi connectivity index (χ4n) is 5.31. The number of nitrogens with one attached hydrogen (secondary N) is 2. The minimum atomic E-state index is -5.13. The summed E-state index contributed by atoms with van der Waals surface area (Å²) < 4.78 is 24.9. The van der Waals surface area contributed by atoms with Crippen molar-refractivity contribution in [2.24, 2.45) is 0 Å². The topological polar surface area (TPSA) is 247 Å². The van der Waals surface area contributed by atoms with Crippen LogP contribution in [0.3, 0.4) is 0 Å². The minimum absolute atomic E-state index is 0.0105. The Morgan fingerprint density at radius 3 is 2.79 bits per heavy atom. The van der Waals surface area contributed by atoms with Crippen molar-refractivity contribution in [3.63, 3.8) is 0 Å². The van der Waals surface area contributed by atoms with Gasteiger partial charge in [-0.15, -0.1) is 10.2 Å². The van der Waals surface area contributed by atoms with Crippen LogP contribution in [0.4, 0.5) is 5.82 Å². The van der Waals surface area contributed by atoms with Crippen LogP contribution in [0.15, 0.2) is 30.5 Å². The van der Waals surface area contributed by atoms with E-state index in [9.17, 15) is 29.7 Å². The molecule has 6 atom stereocenters. The Morgan fingerprint density at radius 2 is 2.05 bits per heavy atom. The number of anilines is 1. The molecule has 0 saturated carbocycles. The maximum Gasteiger partial charge on any atom is 0.359 e. The molecule has 17 nitrogen and oxygen atoms in total. The summed E-state index contributed by atoms with van der Waals surface area (Å²) in [5.74, 6) is 0.310. The third-order valence-electron chi connectivity index (χ3n) is 7.57. The second-order valence-electron chi connectivity index (χ2n) is 10.1. The number of hydrogen-bond acceptors (Lipinski definition) is 13. The number of H-pyrrole nitrogens is 1. The van der Waals surface area contributed by atoms with E-state index in [2.05, 4.69) is 53.1 Å². The molecule has 7 N–H and O–H groups in total. The molecule has 1 saturated heterocycles. The fourth-order valence-corrected chi connectivity index (χ4v) is 6.25. The molecule has 1 fully saturated rings. The Bertz CT molecular complexity index is 1620. The number of aryl methyl sites for hydroxylation is 1. The van der Waals surface area contributed by atoms with Crippen molar-refractivity contribution in [2.75, 3.05) is 18.5 Å². The summed E-state index contributed by atoms with van der Waals surface area (Å²) in [6.07, 6.45) is -3.00. The highest BCUT2D eigenvalue weighted by atomic mass is 35.5. The molecule has 0 spiro atoms. The van der Waals surface area contributed by atoms with Crippen LogP contribution in [0.1, 0.15) is 35.6 Å². The van der Waals surface area contributed by atoms with Crippen molar-refractivity contribution >= 4 is 36.0 Å². The standard InChI is InChI=1S/C23H27ClN9O8P/c24-22-27-19(26-14-6-5-11-3-1-2-4-12(11)14)13-8-25-33(20(13)28-22)21-18(36)17(35)15(41-21)9-40-23(10-34,42(37,38)39)7-16-29-31-32-30-16/h1-4,8,14-15,17-18,21,34-36H,5-7,9-10H2,(H,26,27,28)(H2,37,38,39)(H,29,30,31,32)/t14-,15-,17-,18-,21-,23?/m1/s1. The Hall–Kier alpha value is -3.12. The van der Waals surface area contributed by atoms with Gasteiger partial charge in [0.05, 0.1) is 37.3 Å². The van der Waals surface area contributed by atoms with E-state index in [1.807, 2.05) is 12.1 Å². The zero-order chi connectivity index (χ0) is 29.6. The lowest BCUT2D eigenvalue weighted by Crippen LogP contribution is -2.43. The van der Waals surface area contributed by atoms with Crippen molar-refractivity contribution in [2.45, 2.75) is 55.2 Å². The Labute approximate surface area is 242 Å². The third-order valence-corrected chi connectivity index (χ3v) is 9.23. The van der Waals surface area contributed by atoms with Crippen LogP contribution in [-0.4, -0.2) is 102 Å². The summed E-state index contributed by atoms with van der Waals surface area (Å²) in [4.78, 5) is 28.6. The van der Waals surface area contributed by atoms with Gasteiger partial charge >= 0.3 is 7.60 Å². The quantitative estimate of drug-likeness (QED) is 0.0895. The number of hydrogen-bond donors (Lipinski definition) is 7. The molecule has 1 unspecified atom stereocenters. The number of fused-ring (bicyclic) bond motifs is 2. The predicted octanol–water partition coefficient (Wildman–Crippen LogP) is -0.163. The Morgan fingerprint density at radius 1 is 1.24 bits per heavy atom. The van der Waals surface area contributed by atoms with Crippen molar-refractivity contribution in [3.05, 3.63) is 52.7 Å². The molecule has 1 aliphatic carbocycles. The molecule has 3 aromatic heterocycles. The van der Waals surface area contributed by atoms with Crippen molar-refractivity contribution < 1.29 is 39.1 Å². The van der Waals surface area contributed by atoms with Gasteiger partial charge in [0.1, 0.15) is 24.1 Å². The average molecular weight is 624 g/mol. The van der Waals surface area contributed by atoms with Crippen LogP contribution < -0.4 is 5.32 Å². The summed E-state index contributed by atoms with van der Waals surface area (Å²) >= 11 is 6.27. The molecule has 0 amide bonds. The fraction of sp³-hybridized carbons (Fsp3) is 0.478. The number of nitrogens with zero attached hydrogens (tertiary/aromatic N) is 7. The average Bonchev–Trinajstić information content (AvgIpc) is 3.75. The van der Waals surface area contributed by atoms with E-state index in [0.717, 1.165) is 18.4 Å². The molecule has 6 rings (SSSR count). The first-order valence-electron chi connectivity index (χ1n) is 12.9. The number of ether oxygens (including phenoxy) is 2. The smallest absolute Gasteiger partial charge is 0.359 e. The highest BCUT2D eigenvalue weighted by Gasteiger charge is 2.52. The minimum Gasteiger partial charge on any atom is -0.393 e. The van der Waals surface area contributed by atoms with E-state index in [1.165, 1.54) is 16.4 Å².